The molecule has 0 saturated carbocycles. The van der Waals surface area contributed by atoms with Crippen molar-refractivity contribution in [3.63, 3.8) is 0 Å². The number of nitrogens with one attached hydrogen (secondary N) is 1. The molecule has 0 radical (unpaired) electrons. The van der Waals surface area contributed by atoms with Gasteiger partial charge in [-0.05, 0) is 38.3 Å². The Morgan fingerprint density at radius 3 is 2.68 bits per heavy atom. The van der Waals surface area contributed by atoms with Crippen molar-refractivity contribution in [2.45, 2.75) is 65.2 Å². The van der Waals surface area contributed by atoms with E-state index in [0.29, 0.717) is 17.9 Å². The molecule has 110 valence electrons. The average molecular weight is 267 g/mol. The second-order valence-electron chi connectivity index (χ2n) is 6.25. The predicted octanol–water partition coefficient (Wildman–Crippen LogP) is 1.66. The molecule has 2 heterocycles. The molecule has 0 aromatic carbocycles. The van der Waals surface area contributed by atoms with Crippen LogP contribution in [-0.2, 0) is 4.79 Å². The van der Waals surface area contributed by atoms with Gasteiger partial charge < -0.3 is 9.80 Å². The molecule has 19 heavy (non-hydrogen) atoms. The van der Waals surface area contributed by atoms with Crippen molar-refractivity contribution in [3.8, 4) is 0 Å². The lowest BCUT2D eigenvalue weighted by Gasteiger charge is -2.39. The minimum Gasteiger partial charge on any atom is -0.322 e. The summed E-state index contributed by atoms with van der Waals surface area (Å²) in [6, 6.07) is 0.421. The first kappa shape index (κ1) is 14.8. The van der Waals surface area contributed by atoms with Crippen molar-refractivity contribution in [2.75, 3.05) is 19.6 Å². The van der Waals surface area contributed by atoms with E-state index in [1.807, 2.05) is 0 Å². The molecule has 3 unspecified atom stereocenters. The van der Waals surface area contributed by atoms with Crippen molar-refractivity contribution in [1.82, 2.24) is 15.1 Å². The Kier molecular flexibility index (Phi) is 4.85. The van der Waals surface area contributed by atoms with Crippen LogP contribution < -0.4 is 5.32 Å². The molecular weight excluding hydrogens is 238 g/mol. The maximum atomic E-state index is 12.7. The number of carbonyl (C=O) groups is 1. The molecule has 4 heteroatoms. The molecule has 0 spiro atoms. The highest BCUT2D eigenvalue weighted by Gasteiger charge is 2.43. The zero-order valence-corrected chi connectivity index (χ0v) is 12.9. The summed E-state index contributed by atoms with van der Waals surface area (Å²) in [5, 5.41) is 3.53. The standard InChI is InChI=1S/C15H29N3O/c1-5-13-16-14(11(3)4)15(19)18(13)12-8-7-9-17(6-2)10-12/h11-14,16H,5-10H2,1-4H3. The lowest BCUT2D eigenvalue weighted by atomic mass is 10.0. The molecule has 0 aromatic heterocycles. The van der Waals surface area contributed by atoms with Crippen LogP contribution in [0.1, 0.15) is 47.0 Å². The molecule has 1 amide bonds. The lowest BCUT2D eigenvalue weighted by Crippen LogP contribution is -2.52. The fourth-order valence-electron chi connectivity index (χ4n) is 3.45. The Balaban J connectivity index is 2.10. The smallest absolute Gasteiger partial charge is 0.241 e. The largest absolute Gasteiger partial charge is 0.322 e. The van der Waals surface area contributed by atoms with Crippen LogP contribution in [0.25, 0.3) is 0 Å². The van der Waals surface area contributed by atoms with Gasteiger partial charge in [0.2, 0.25) is 5.91 Å². The SMILES string of the molecule is CCC1NC(C(C)C)C(=O)N1C1CCCN(CC)C1. The third-order valence-corrected chi connectivity index (χ3v) is 4.60. The Morgan fingerprint density at radius 2 is 2.11 bits per heavy atom. The first-order valence-electron chi connectivity index (χ1n) is 7.89. The second-order valence-corrected chi connectivity index (χ2v) is 6.25. The average Bonchev–Trinajstić information content (AvgIpc) is 2.76. The fraction of sp³-hybridized carbons (Fsp3) is 0.933. The van der Waals surface area contributed by atoms with Crippen molar-refractivity contribution in [1.29, 1.82) is 0 Å². The molecule has 0 bridgehead atoms. The molecule has 2 aliphatic heterocycles. The number of hydrogen-bond acceptors (Lipinski definition) is 3. The summed E-state index contributed by atoms with van der Waals surface area (Å²) in [7, 11) is 0. The van der Waals surface area contributed by atoms with Gasteiger partial charge in [0.15, 0.2) is 0 Å². The van der Waals surface area contributed by atoms with Crippen LogP contribution in [0.2, 0.25) is 0 Å². The van der Waals surface area contributed by atoms with Crippen LogP contribution in [-0.4, -0.2) is 53.6 Å². The first-order valence-corrected chi connectivity index (χ1v) is 7.89. The highest BCUT2D eigenvalue weighted by Crippen LogP contribution is 2.25. The first-order chi connectivity index (χ1) is 9.08. The van der Waals surface area contributed by atoms with Gasteiger partial charge in [0, 0.05) is 12.6 Å². The van der Waals surface area contributed by atoms with Crippen molar-refractivity contribution >= 4 is 5.91 Å². The Labute approximate surface area is 117 Å². The summed E-state index contributed by atoms with van der Waals surface area (Å²) in [4.78, 5) is 17.3. The summed E-state index contributed by atoms with van der Waals surface area (Å²) >= 11 is 0. The summed E-state index contributed by atoms with van der Waals surface area (Å²) in [5.41, 5.74) is 0. The third-order valence-electron chi connectivity index (χ3n) is 4.60. The van der Waals surface area contributed by atoms with E-state index in [4.69, 9.17) is 0 Å². The van der Waals surface area contributed by atoms with Crippen LogP contribution >= 0.6 is 0 Å². The summed E-state index contributed by atoms with van der Waals surface area (Å²) in [5.74, 6) is 0.697. The predicted molar refractivity (Wildman–Crippen MR) is 77.8 cm³/mol. The van der Waals surface area contributed by atoms with E-state index in [1.54, 1.807) is 0 Å². The summed E-state index contributed by atoms with van der Waals surface area (Å²) in [6.07, 6.45) is 3.61. The van der Waals surface area contributed by atoms with Gasteiger partial charge >= 0.3 is 0 Å². The molecular formula is C15H29N3O. The monoisotopic (exact) mass is 267 g/mol. The zero-order chi connectivity index (χ0) is 14.0. The Morgan fingerprint density at radius 1 is 1.37 bits per heavy atom. The molecule has 3 atom stereocenters. The maximum absolute atomic E-state index is 12.7. The fourth-order valence-corrected chi connectivity index (χ4v) is 3.45. The number of hydrogen-bond donors (Lipinski definition) is 1. The van der Waals surface area contributed by atoms with Crippen LogP contribution in [0.5, 0.6) is 0 Å². The quantitative estimate of drug-likeness (QED) is 0.841. The van der Waals surface area contributed by atoms with Crippen molar-refractivity contribution in [2.24, 2.45) is 5.92 Å². The van der Waals surface area contributed by atoms with E-state index in [1.165, 1.54) is 13.0 Å². The van der Waals surface area contributed by atoms with Gasteiger partial charge in [-0.3, -0.25) is 10.1 Å². The van der Waals surface area contributed by atoms with E-state index in [0.717, 1.165) is 25.9 Å². The van der Waals surface area contributed by atoms with Gasteiger partial charge in [0.05, 0.1) is 12.2 Å². The number of piperidine rings is 1. The van der Waals surface area contributed by atoms with Gasteiger partial charge in [-0.1, -0.05) is 27.7 Å². The van der Waals surface area contributed by atoms with E-state index in [-0.39, 0.29) is 12.2 Å². The normalized spacial score (nSPS) is 33.4. The van der Waals surface area contributed by atoms with E-state index < -0.39 is 0 Å². The molecule has 2 aliphatic rings. The molecule has 2 rings (SSSR count). The Hall–Kier alpha value is -0.610. The molecule has 1 N–H and O–H groups in total. The van der Waals surface area contributed by atoms with Crippen LogP contribution in [0.15, 0.2) is 0 Å². The number of carbonyl (C=O) groups excluding carboxylic acids is 1. The van der Waals surface area contributed by atoms with E-state index in [2.05, 4.69) is 42.8 Å². The van der Waals surface area contributed by atoms with Crippen LogP contribution in [0, 0.1) is 5.92 Å². The minimum absolute atomic E-state index is 0.0157. The second kappa shape index (κ2) is 6.23. The number of nitrogens with zero attached hydrogens (tertiary/aromatic N) is 2. The number of likely N-dealkylation sites (N-methyl/N-ethyl adjacent to an activating group) is 1. The molecule has 0 aliphatic carbocycles. The van der Waals surface area contributed by atoms with Crippen LogP contribution in [0.4, 0.5) is 0 Å². The van der Waals surface area contributed by atoms with Crippen molar-refractivity contribution in [3.05, 3.63) is 0 Å². The highest BCUT2D eigenvalue weighted by molar-refractivity contribution is 5.85. The third kappa shape index (κ3) is 2.95. The molecule has 0 aromatic rings. The van der Waals surface area contributed by atoms with Gasteiger partial charge in [-0.25, -0.2) is 0 Å². The van der Waals surface area contributed by atoms with Gasteiger partial charge in [0.25, 0.3) is 0 Å². The highest BCUT2D eigenvalue weighted by atomic mass is 16.2. The number of amides is 1. The molecule has 2 saturated heterocycles. The molecule has 2 fully saturated rings. The van der Waals surface area contributed by atoms with Crippen molar-refractivity contribution < 1.29 is 4.79 Å². The number of likely N-dealkylation sites (tertiary alicyclic amines) is 1. The van der Waals surface area contributed by atoms with Gasteiger partial charge in [-0.15, -0.1) is 0 Å². The topological polar surface area (TPSA) is 35.6 Å². The molecule has 4 nitrogen and oxygen atoms in total. The lowest BCUT2D eigenvalue weighted by molar-refractivity contribution is -0.134. The van der Waals surface area contributed by atoms with Gasteiger partial charge in [0.1, 0.15) is 0 Å². The van der Waals surface area contributed by atoms with E-state index >= 15 is 0 Å². The van der Waals surface area contributed by atoms with E-state index in [9.17, 15) is 4.79 Å². The zero-order valence-electron chi connectivity index (χ0n) is 12.9. The summed E-state index contributed by atoms with van der Waals surface area (Å²) in [6.45, 7) is 12.0. The summed E-state index contributed by atoms with van der Waals surface area (Å²) < 4.78 is 0. The number of rotatable bonds is 4. The maximum Gasteiger partial charge on any atom is 0.241 e. The minimum atomic E-state index is 0.0157. The van der Waals surface area contributed by atoms with Crippen LogP contribution in [0.3, 0.4) is 0 Å². The Bertz CT molecular complexity index is 319. The van der Waals surface area contributed by atoms with Gasteiger partial charge in [-0.2, -0.15) is 0 Å².